The molecule has 0 aliphatic rings. The van der Waals surface area contributed by atoms with E-state index in [1.165, 1.54) is 31.4 Å². The largest absolute Gasteiger partial charge is 0.495 e. The standard InChI is InChI=1S/C14H12FN3O3/c1-21-11-4-2-8(13(16)19)6-10(11)18-14(20)9-3-5-12(15)17-7-9/h2-7H,1H3,(H2,16,19)(H,18,20). The van der Waals surface area contributed by atoms with Crippen LogP contribution in [0.1, 0.15) is 20.7 Å². The van der Waals surface area contributed by atoms with E-state index in [0.717, 1.165) is 12.3 Å². The number of nitrogens with two attached hydrogens (primary N) is 1. The molecule has 0 aliphatic carbocycles. The minimum atomic E-state index is -0.681. The molecule has 1 aromatic carbocycles. The summed E-state index contributed by atoms with van der Waals surface area (Å²) in [7, 11) is 1.42. The maximum Gasteiger partial charge on any atom is 0.257 e. The fourth-order valence-electron chi connectivity index (χ4n) is 1.66. The van der Waals surface area contributed by atoms with Crippen LogP contribution in [0.15, 0.2) is 36.5 Å². The molecule has 1 aromatic heterocycles. The first-order chi connectivity index (χ1) is 10.0. The van der Waals surface area contributed by atoms with Crippen molar-refractivity contribution < 1.29 is 18.7 Å². The molecule has 6 nitrogen and oxygen atoms in total. The van der Waals surface area contributed by atoms with Crippen LogP contribution in [0.3, 0.4) is 0 Å². The van der Waals surface area contributed by atoms with Crippen molar-refractivity contribution in [3.8, 4) is 5.75 Å². The Kier molecular flexibility index (Phi) is 4.13. The van der Waals surface area contributed by atoms with Crippen LogP contribution in [0.5, 0.6) is 5.75 Å². The zero-order valence-electron chi connectivity index (χ0n) is 11.1. The molecule has 108 valence electrons. The SMILES string of the molecule is COc1ccc(C(N)=O)cc1NC(=O)c1ccc(F)nc1. The van der Waals surface area contributed by atoms with E-state index in [0.29, 0.717) is 5.75 Å². The van der Waals surface area contributed by atoms with Crippen LogP contribution in [0, 0.1) is 5.95 Å². The number of carbonyl (C=O) groups is 2. The van der Waals surface area contributed by atoms with Gasteiger partial charge < -0.3 is 15.8 Å². The van der Waals surface area contributed by atoms with Crippen molar-refractivity contribution in [2.75, 3.05) is 12.4 Å². The number of nitrogens with zero attached hydrogens (tertiary/aromatic N) is 1. The zero-order chi connectivity index (χ0) is 15.4. The van der Waals surface area contributed by atoms with Crippen LogP contribution < -0.4 is 15.8 Å². The number of nitrogens with one attached hydrogen (secondary N) is 1. The Hall–Kier alpha value is -2.96. The lowest BCUT2D eigenvalue weighted by atomic mass is 10.1. The molecule has 2 aromatic rings. The average Bonchev–Trinajstić information content (AvgIpc) is 2.47. The smallest absolute Gasteiger partial charge is 0.257 e. The van der Waals surface area contributed by atoms with Gasteiger partial charge in [-0.1, -0.05) is 0 Å². The van der Waals surface area contributed by atoms with Crippen LogP contribution in [0.25, 0.3) is 0 Å². The summed E-state index contributed by atoms with van der Waals surface area (Å²) in [5.74, 6) is -1.46. The normalized spacial score (nSPS) is 10.0. The molecule has 0 atom stereocenters. The molecule has 0 unspecified atom stereocenters. The number of ether oxygens (including phenoxy) is 1. The fourth-order valence-corrected chi connectivity index (χ4v) is 1.66. The summed E-state index contributed by atoms with van der Waals surface area (Å²) in [5, 5.41) is 2.56. The van der Waals surface area contributed by atoms with Crippen molar-refractivity contribution in [2.24, 2.45) is 5.73 Å². The highest BCUT2D eigenvalue weighted by Crippen LogP contribution is 2.25. The van der Waals surface area contributed by atoms with Crippen LogP contribution >= 0.6 is 0 Å². The Morgan fingerprint density at radius 1 is 1.24 bits per heavy atom. The summed E-state index contributed by atoms with van der Waals surface area (Å²) < 4.78 is 17.8. The molecule has 0 bridgehead atoms. The first-order valence-electron chi connectivity index (χ1n) is 5.92. The van der Waals surface area contributed by atoms with E-state index in [9.17, 15) is 14.0 Å². The molecular weight excluding hydrogens is 277 g/mol. The van der Waals surface area contributed by atoms with E-state index >= 15 is 0 Å². The van der Waals surface area contributed by atoms with Gasteiger partial charge in [-0.25, -0.2) is 4.98 Å². The van der Waals surface area contributed by atoms with Crippen LogP contribution in [-0.2, 0) is 0 Å². The van der Waals surface area contributed by atoms with Crippen molar-refractivity contribution in [2.45, 2.75) is 0 Å². The second kappa shape index (κ2) is 6.00. The Balaban J connectivity index is 2.29. The maximum absolute atomic E-state index is 12.7. The van der Waals surface area contributed by atoms with E-state index in [-0.39, 0.29) is 16.8 Å². The Morgan fingerprint density at radius 3 is 2.52 bits per heavy atom. The number of primary amides is 1. The van der Waals surface area contributed by atoms with Crippen LogP contribution in [-0.4, -0.2) is 23.9 Å². The van der Waals surface area contributed by atoms with Crippen molar-refractivity contribution in [1.82, 2.24) is 4.98 Å². The summed E-state index contributed by atoms with van der Waals surface area (Å²) in [5.41, 5.74) is 5.86. The number of benzene rings is 1. The number of hydrogen-bond donors (Lipinski definition) is 2. The topological polar surface area (TPSA) is 94.3 Å². The predicted octanol–water partition coefficient (Wildman–Crippen LogP) is 1.58. The minimum Gasteiger partial charge on any atom is -0.495 e. The van der Waals surface area contributed by atoms with E-state index in [2.05, 4.69) is 10.3 Å². The van der Waals surface area contributed by atoms with Gasteiger partial charge in [0.2, 0.25) is 11.9 Å². The number of pyridine rings is 1. The van der Waals surface area contributed by atoms with Gasteiger partial charge in [0.25, 0.3) is 5.91 Å². The molecule has 7 heteroatoms. The fraction of sp³-hybridized carbons (Fsp3) is 0.0714. The number of hydrogen-bond acceptors (Lipinski definition) is 4. The van der Waals surface area contributed by atoms with Crippen molar-refractivity contribution in [3.63, 3.8) is 0 Å². The number of carbonyl (C=O) groups excluding carboxylic acids is 2. The highest BCUT2D eigenvalue weighted by molar-refractivity contribution is 6.05. The third kappa shape index (κ3) is 3.33. The highest BCUT2D eigenvalue weighted by atomic mass is 19.1. The summed E-state index contributed by atoms with van der Waals surface area (Å²) in [4.78, 5) is 26.6. The lowest BCUT2D eigenvalue weighted by Crippen LogP contribution is -2.15. The number of halogens is 1. The van der Waals surface area contributed by atoms with Gasteiger partial charge in [-0.05, 0) is 30.3 Å². The average molecular weight is 289 g/mol. The lowest BCUT2D eigenvalue weighted by Gasteiger charge is -2.11. The molecule has 0 radical (unpaired) electrons. The van der Waals surface area contributed by atoms with Crippen molar-refractivity contribution in [1.29, 1.82) is 0 Å². The first kappa shape index (κ1) is 14.4. The summed E-state index contributed by atoms with van der Waals surface area (Å²) >= 11 is 0. The molecule has 0 spiro atoms. The zero-order valence-corrected chi connectivity index (χ0v) is 11.1. The van der Waals surface area contributed by atoms with Gasteiger partial charge in [0.1, 0.15) is 5.75 Å². The second-order valence-corrected chi connectivity index (χ2v) is 4.10. The minimum absolute atomic E-state index is 0.169. The number of aromatic nitrogens is 1. The van der Waals surface area contributed by atoms with E-state index < -0.39 is 17.8 Å². The summed E-state index contributed by atoms with van der Waals surface area (Å²) in [6.07, 6.45) is 1.11. The maximum atomic E-state index is 12.7. The van der Waals surface area contributed by atoms with Crippen LogP contribution in [0.4, 0.5) is 10.1 Å². The lowest BCUT2D eigenvalue weighted by molar-refractivity contribution is 0.0996. The van der Waals surface area contributed by atoms with E-state index in [1.54, 1.807) is 0 Å². The summed E-state index contributed by atoms with van der Waals surface area (Å²) in [6, 6.07) is 6.76. The number of amides is 2. The molecule has 2 amide bonds. The van der Waals surface area contributed by atoms with E-state index in [4.69, 9.17) is 10.5 Å². The molecule has 0 saturated heterocycles. The van der Waals surface area contributed by atoms with Crippen LogP contribution in [0.2, 0.25) is 0 Å². The third-order valence-corrected chi connectivity index (χ3v) is 2.72. The Bertz CT molecular complexity index is 686. The number of methoxy groups -OCH3 is 1. The highest BCUT2D eigenvalue weighted by Gasteiger charge is 2.12. The molecule has 2 rings (SSSR count). The predicted molar refractivity (Wildman–Crippen MR) is 73.7 cm³/mol. The van der Waals surface area contributed by atoms with E-state index in [1.807, 2.05) is 0 Å². The molecule has 21 heavy (non-hydrogen) atoms. The van der Waals surface area contributed by atoms with Gasteiger partial charge in [-0.15, -0.1) is 0 Å². The third-order valence-electron chi connectivity index (χ3n) is 2.72. The summed E-state index contributed by atoms with van der Waals surface area (Å²) in [6.45, 7) is 0. The second-order valence-electron chi connectivity index (χ2n) is 4.10. The van der Waals surface area contributed by atoms with Gasteiger partial charge in [0.05, 0.1) is 18.4 Å². The molecule has 0 fully saturated rings. The van der Waals surface area contributed by atoms with Gasteiger partial charge in [-0.2, -0.15) is 4.39 Å². The molecule has 1 heterocycles. The Labute approximate surface area is 119 Å². The number of anilines is 1. The first-order valence-corrected chi connectivity index (χ1v) is 5.92. The molecular formula is C14H12FN3O3. The number of rotatable bonds is 4. The quantitative estimate of drug-likeness (QED) is 0.835. The van der Waals surface area contributed by atoms with Crippen molar-refractivity contribution in [3.05, 3.63) is 53.6 Å². The molecule has 0 saturated carbocycles. The van der Waals surface area contributed by atoms with Gasteiger partial charge >= 0.3 is 0 Å². The van der Waals surface area contributed by atoms with Gasteiger partial charge in [-0.3, -0.25) is 9.59 Å². The molecule has 0 aliphatic heterocycles. The molecule has 3 N–H and O–H groups in total. The van der Waals surface area contributed by atoms with Crippen molar-refractivity contribution >= 4 is 17.5 Å². The Morgan fingerprint density at radius 2 is 1.95 bits per heavy atom. The van der Waals surface area contributed by atoms with Gasteiger partial charge in [0, 0.05) is 11.8 Å². The monoisotopic (exact) mass is 289 g/mol. The van der Waals surface area contributed by atoms with Gasteiger partial charge in [0.15, 0.2) is 0 Å².